The molecule has 0 saturated heterocycles. The summed E-state index contributed by atoms with van der Waals surface area (Å²) in [7, 11) is 0. The van der Waals surface area contributed by atoms with Gasteiger partial charge in [0.1, 0.15) is 10.7 Å². The van der Waals surface area contributed by atoms with E-state index < -0.39 is 11.0 Å². The number of thiazole rings is 1. The summed E-state index contributed by atoms with van der Waals surface area (Å²) in [4.78, 5) is 26.2. The molecule has 2 rings (SSSR count). The Morgan fingerprint density at radius 3 is 3.00 bits per heavy atom. The van der Waals surface area contributed by atoms with E-state index in [0.29, 0.717) is 10.6 Å². The van der Waals surface area contributed by atoms with Gasteiger partial charge in [-0.15, -0.1) is 11.3 Å². The Balaban J connectivity index is 2.18. The molecule has 21 heavy (non-hydrogen) atoms. The third kappa shape index (κ3) is 3.83. The van der Waals surface area contributed by atoms with Crippen molar-refractivity contribution in [3.63, 3.8) is 0 Å². The SMILES string of the molecule is CC(O)CNC(=O)c1csc(-c2cccc([N+](=O)[O-])c2)n1. The number of nitro benzene ring substituents is 1. The van der Waals surface area contributed by atoms with Gasteiger partial charge in [0.15, 0.2) is 0 Å². The number of aromatic nitrogens is 1. The first kappa shape index (κ1) is 15.1. The van der Waals surface area contributed by atoms with Crippen molar-refractivity contribution in [3.05, 3.63) is 45.5 Å². The molecule has 0 bridgehead atoms. The zero-order valence-electron chi connectivity index (χ0n) is 11.1. The lowest BCUT2D eigenvalue weighted by Gasteiger charge is -2.04. The number of carbonyl (C=O) groups excluding carboxylic acids is 1. The maximum Gasteiger partial charge on any atom is 0.270 e. The van der Waals surface area contributed by atoms with Crippen molar-refractivity contribution in [1.29, 1.82) is 0 Å². The van der Waals surface area contributed by atoms with Gasteiger partial charge in [-0.1, -0.05) is 12.1 Å². The van der Waals surface area contributed by atoms with Crippen LogP contribution in [-0.4, -0.2) is 33.6 Å². The molecule has 0 spiro atoms. The molecular weight excluding hydrogens is 294 g/mol. The molecule has 0 radical (unpaired) electrons. The Morgan fingerprint density at radius 1 is 1.57 bits per heavy atom. The molecule has 7 nitrogen and oxygen atoms in total. The monoisotopic (exact) mass is 307 g/mol. The highest BCUT2D eigenvalue weighted by Crippen LogP contribution is 2.26. The van der Waals surface area contributed by atoms with Gasteiger partial charge in [0, 0.05) is 29.6 Å². The number of aliphatic hydroxyl groups excluding tert-OH is 1. The molecule has 2 aromatic rings. The summed E-state index contributed by atoms with van der Waals surface area (Å²) >= 11 is 1.23. The van der Waals surface area contributed by atoms with Crippen LogP contribution in [0.5, 0.6) is 0 Å². The molecule has 1 unspecified atom stereocenters. The third-order valence-corrected chi connectivity index (χ3v) is 3.49. The summed E-state index contributed by atoms with van der Waals surface area (Å²) in [6.07, 6.45) is -0.635. The number of amides is 1. The number of nitrogens with zero attached hydrogens (tertiary/aromatic N) is 2. The van der Waals surface area contributed by atoms with E-state index in [1.807, 2.05) is 0 Å². The first-order valence-electron chi connectivity index (χ1n) is 6.14. The molecule has 1 amide bonds. The molecule has 1 atom stereocenters. The predicted molar refractivity (Wildman–Crippen MR) is 78.2 cm³/mol. The molecule has 0 fully saturated rings. The molecule has 0 aliphatic heterocycles. The molecule has 1 aromatic carbocycles. The van der Waals surface area contributed by atoms with Crippen LogP contribution in [0.4, 0.5) is 5.69 Å². The largest absolute Gasteiger partial charge is 0.392 e. The fourth-order valence-corrected chi connectivity index (χ4v) is 2.39. The Bertz CT molecular complexity index is 669. The average molecular weight is 307 g/mol. The van der Waals surface area contributed by atoms with Crippen LogP contribution in [0.3, 0.4) is 0 Å². The summed E-state index contributed by atoms with van der Waals surface area (Å²) in [6, 6.07) is 6.08. The van der Waals surface area contributed by atoms with E-state index in [1.165, 1.54) is 23.5 Å². The summed E-state index contributed by atoms with van der Waals surface area (Å²) < 4.78 is 0. The number of hydrogen-bond acceptors (Lipinski definition) is 6. The Kier molecular flexibility index (Phi) is 4.61. The van der Waals surface area contributed by atoms with Crippen molar-refractivity contribution >= 4 is 22.9 Å². The van der Waals surface area contributed by atoms with Crippen LogP contribution in [0, 0.1) is 10.1 Å². The topological polar surface area (TPSA) is 105 Å². The Labute approximate surface area is 124 Å². The predicted octanol–water partition coefficient (Wildman–Crippen LogP) is 1.83. The summed E-state index contributed by atoms with van der Waals surface area (Å²) in [6.45, 7) is 1.71. The maximum atomic E-state index is 11.8. The molecule has 110 valence electrons. The molecule has 8 heteroatoms. The van der Waals surface area contributed by atoms with Gasteiger partial charge >= 0.3 is 0 Å². The van der Waals surface area contributed by atoms with Gasteiger partial charge in [-0.05, 0) is 6.92 Å². The van der Waals surface area contributed by atoms with E-state index in [-0.39, 0.29) is 23.8 Å². The number of rotatable bonds is 5. The highest BCUT2D eigenvalue weighted by atomic mass is 32.1. The second kappa shape index (κ2) is 6.42. The van der Waals surface area contributed by atoms with Gasteiger partial charge in [-0.2, -0.15) is 0 Å². The molecule has 0 aliphatic carbocycles. The van der Waals surface area contributed by atoms with E-state index in [4.69, 9.17) is 5.11 Å². The second-order valence-corrected chi connectivity index (χ2v) is 5.26. The molecule has 0 aliphatic rings. The quantitative estimate of drug-likeness (QED) is 0.647. The number of benzene rings is 1. The number of carbonyl (C=O) groups is 1. The molecule has 1 aromatic heterocycles. The number of nitro groups is 1. The van der Waals surface area contributed by atoms with Crippen LogP contribution < -0.4 is 5.32 Å². The summed E-state index contributed by atoms with van der Waals surface area (Å²) in [5.74, 6) is -0.385. The smallest absolute Gasteiger partial charge is 0.270 e. The van der Waals surface area contributed by atoms with Gasteiger partial charge in [0.25, 0.3) is 11.6 Å². The Hall–Kier alpha value is -2.32. The minimum Gasteiger partial charge on any atom is -0.392 e. The van der Waals surface area contributed by atoms with E-state index >= 15 is 0 Å². The first-order chi connectivity index (χ1) is 9.97. The van der Waals surface area contributed by atoms with E-state index in [0.717, 1.165) is 0 Å². The summed E-state index contributed by atoms with van der Waals surface area (Å²) in [5, 5.41) is 24.5. The maximum absolute atomic E-state index is 11.8. The molecular formula is C13H13N3O4S. The fraction of sp³-hybridized carbons (Fsp3) is 0.231. The normalized spacial score (nSPS) is 11.9. The number of non-ortho nitro benzene ring substituents is 1. The highest BCUT2D eigenvalue weighted by Gasteiger charge is 2.14. The number of nitrogens with one attached hydrogen (secondary N) is 1. The lowest BCUT2D eigenvalue weighted by molar-refractivity contribution is -0.384. The Morgan fingerprint density at radius 2 is 2.33 bits per heavy atom. The van der Waals surface area contributed by atoms with E-state index in [2.05, 4.69) is 10.3 Å². The molecule has 1 heterocycles. The second-order valence-electron chi connectivity index (χ2n) is 4.40. The van der Waals surface area contributed by atoms with Crippen molar-refractivity contribution in [1.82, 2.24) is 10.3 Å². The average Bonchev–Trinajstić information content (AvgIpc) is 2.94. The lowest BCUT2D eigenvalue weighted by Crippen LogP contribution is -2.30. The zero-order chi connectivity index (χ0) is 15.4. The van der Waals surface area contributed by atoms with E-state index in [1.54, 1.807) is 24.4 Å². The third-order valence-electron chi connectivity index (χ3n) is 2.60. The first-order valence-corrected chi connectivity index (χ1v) is 7.02. The van der Waals surface area contributed by atoms with Gasteiger partial charge in [0.2, 0.25) is 0 Å². The van der Waals surface area contributed by atoms with E-state index in [9.17, 15) is 14.9 Å². The van der Waals surface area contributed by atoms with Gasteiger partial charge in [-0.25, -0.2) is 4.98 Å². The van der Waals surface area contributed by atoms with Gasteiger partial charge in [-0.3, -0.25) is 14.9 Å². The minimum atomic E-state index is -0.635. The van der Waals surface area contributed by atoms with Crippen molar-refractivity contribution in [3.8, 4) is 10.6 Å². The number of hydrogen-bond donors (Lipinski definition) is 2. The van der Waals surface area contributed by atoms with Crippen LogP contribution in [0.1, 0.15) is 17.4 Å². The molecule has 0 saturated carbocycles. The van der Waals surface area contributed by atoms with Crippen molar-refractivity contribution in [2.45, 2.75) is 13.0 Å². The van der Waals surface area contributed by atoms with Gasteiger partial charge < -0.3 is 10.4 Å². The van der Waals surface area contributed by atoms with Crippen LogP contribution in [0.2, 0.25) is 0 Å². The minimum absolute atomic E-state index is 0.0252. The standard InChI is InChI=1S/C13H13N3O4S/c1-8(17)6-14-12(18)11-7-21-13(15-11)9-3-2-4-10(5-9)16(19)20/h2-5,7-8,17H,6H2,1H3,(H,14,18). The van der Waals surface area contributed by atoms with Gasteiger partial charge in [0.05, 0.1) is 11.0 Å². The number of aliphatic hydroxyl groups is 1. The van der Waals surface area contributed by atoms with Crippen LogP contribution in [0.25, 0.3) is 10.6 Å². The van der Waals surface area contributed by atoms with Crippen molar-refractivity contribution in [2.24, 2.45) is 0 Å². The zero-order valence-corrected chi connectivity index (χ0v) is 12.0. The highest BCUT2D eigenvalue weighted by molar-refractivity contribution is 7.13. The van der Waals surface area contributed by atoms with Crippen molar-refractivity contribution < 1.29 is 14.8 Å². The fourth-order valence-electron chi connectivity index (χ4n) is 1.59. The summed E-state index contributed by atoms with van der Waals surface area (Å²) in [5.41, 5.74) is 0.786. The van der Waals surface area contributed by atoms with Crippen LogP contribution >= 0.6 is 11.3 Å². The van der Waals surface area contributed by atoms with Crippen LogP contribution in [0.15, 0.2) is 29.6 Å². The molecule has 2 N–H and O–H groups in total. The lowest BCUT2D eigenvalue weighted by atomic mass is 10.2. The van der Waals surface area contributed by atoms with Crippen LogP contribution in [-0.2, 0) is 0 Å². The van der Waals surface area contributed by atoms with Crippen molar-refractivity contribution in [2.75, 3.05) is 6.54 Å².